The summed E-state index contributed by atoms with van der Waals surface area (Å²) < 4.78 is 28.5. The summed E-state index contributed by atoms with van der Waals surface area (Å²) in [5, 5.41) is 2.77. The van der Waals surface area contributed by atoms with Crippen molar-refractivity contribution in [2.24, 2.45) is 5.73 Å². The second kappa shape index (κ2) is 7.67. The first-order valence-electron chi connectivity index (χ1n) is 7.73. The summed E-state index contributed by atoms with van der Waals surface area (Å²) in [6.45, 7) is 2.21. The normalized spacial score (nSPS) is 12.5. The van der Waals surface area contributed by atoms with Gasteiger partial charge in [0.1, 0.15) is 5.75 Å². The van der Waals surface area contributed by atoms with Crippen LogP contribution in [0.1, 0.15) is 34.5 Å². The molecule has 7 heteroatoms. The highest BCUT2D eigenvalue weighted by Gasteiger charge is 2.16. The van der Waals surface area contributed by atoms with E-state index in [1.165, 1.54) is 25.3 Å². The van der Waals surface area contributed by atoms with Gasteiger partial charge in [-0.15, -0.1) is 0 Å². The lowest BCUT2D eigenvalue weighted by molar-refractivity contribution is 0.0947. The fourth-order valence-electron chi connectivity index (χ4n) is 2.31. The molecule has 0 spiro atoms. The van der Waals surface area contributed by atoms with Gasteiger partial charge < -0.3 is 15.8 Å². The van der Waals surface area contributed by atoms with Crippen LogP contribution in [0.2, 0.25) is 0 Å². The van der Waals surface area contributed by atoms with Crippen LogP contribution in [0.4, 0.5) is 0 Å². The smallest absolute Gasteiger partial charge is 0.255 e. The lowest BCUT2D eigenvalue weighted by Crippen LogP contribution is -2.23. The predicted octanol–water partition coefficient (Wildman–Crippen LogP) is 2.05. The van der Waals surface area contributed by atoms with Crippen molar-refractivity contribution in [2.75, 3.05) is 13.4 Å². The van der Waals surface area contributed by atoms with E-state index < -0.39 is 15.7 Å². The van der Waals surface area contributed by atoms with Crippen molar-refractivity contribution in [3.05, 3.63) is 59.2 Å². The zero-order valence-corrected chi connectivity index (χ0v) is 15.3. The molecule has 0 radical (unpaired) electrons. The molecule has 1 unspecified atom stereocenters. The highest BCUT2D eigenvalue weighted by atomic mass is 32.2. The third-order valence-electron chi connectivity index (χ3n) is 3.80. The van der Waals surface area contributed by atoms with Gasteiger partial charge in [0.15, 0.2) is 9.84 Å². The molecule has 2 rings (SSSR count). The minimum atomic E-state index is -3.41. The number of carbonyl (C=O) groups excluding carboxylic acids is 1. The lowest BCUT2D eigenvalue weighted by Gasteiger charge is -2.11. The van der Waals surface area contributed by atoms with E-state index in [-0.39, 0.29) is 16.5 Å². The summed E-state index contributed by atoms with van der Waals surface area (Å²) in [5.74, 6) is -0.0872. The van der Waals surface area contributed by atoms with Crippen LogP contribution in [0, 0.1) is 0 Å². The maximum absolute atomic E-state index is 12.4. The molecule has 0 saturated carbocycles. The van der Waals surface area contributed by atoms with Crippen LogP contribution in [0.15, 0.2) is 47.4 Å². The minimum absolute atomic E-state index is 0.0494. The van der Waals surface area contributed by atoms with E-state index in [9.17, 15) is 13.2 Å². The van der Waals surface area contributed by atoms with Crippen molar-refractivity contribution >= 4 is 15.7 Å². The van der Waals surface area contributed by atoms with Gasteiger partial charge >= 0.3 is 0 Å². The lowest BCUT2D eigenvalue weighted by atomic mass is 10.1. The molecule has 25 heavy (non-hydrogen) atoms. The van der Waals surface area contributed by atoms with Gasteiger partial charge in [-0.25, -0.2) is 8.42 Å². The van der Waals surface area contributed by atoms with Crippen molar-refractivity contribution in [3.8, 4) is 5.75 Å². The van der Waals surface area contributed by atoms with E-state index in [4.69, 9.17) is 10.5 Å². The first-order valence-corrected chi connectivity index (χ1v) is 9.62. The Balaban J connectivity index is 2.17. The molecule has 1 amide bonds. The number of carbonyl (C=O) groups is 1. The maximum Gasteiger partial charge on any atom is 0.255 e. The average Bonchev–Trinajstić information content (AvgIpc) is 2.58. The average molecular weight is 362 g/mol. The van der Waals surface area contributed by atoms with Gasteiger partial charge in [-0.05, 0) is 36.2 Å². The second-order valence-electron chi connectivity index (χ2n) is 5.85. The highest BCUT2D eigenvalue weighted by molar-refractivity contribution is 7.90. The van der Waals surface area contributed by atoms with Crippen molar-refractivity contribution in [3.63, 3.8) is 0 Å². The Kier molecular flexibility index (Phi) is 5.81. The minimum Gasteiger partial charge on any atom is -0.496 e. The third kappa shape index (κ3) is 4.80. The van der Waals surface area contributed by atoms with Crippen molar-refractivity contribution in [2.45, 2.75) is 24.4 Å². The van der Waals surface area contributed by atoms with Gasteiger partial charge in [-0.1, -0.05) is 24.3 Å². The molecule has 0 aliphatic carbocycles. The maximum atomic E-state index is 12.4. The molecule has 1 atom stereocenters. The summed E-state index contributed by atoms with van der Waals surface area (Å²) in [6.07, 6.45) is 1.09. The fourth-order valence-corrected chi connectivity index (χ4v) is 2.96. The van der Waals surface area contributed by atoms with E-state index >= 15 is 0 Å². The van der Waals surface area contributed by atoms with Crippen molar-refractivity contribution in [1.82, 2.24) is 5.32 Å². The quantitative estimate of drug-likeness (QED) is 0.819. The molecule has 134 valence electrons. The van der Waals surface area contributed by atoms with Crippen LogP contribution in [-0.4, -0.2) is 27.7 Å². The molecule has 0 aliphatic heterocycles. The number of nitrogens with two attached hydrogens (primary N) is 1. The fraction of sp³-hybridized carbons (Fsp3) is 0.278. The van der Waals surface area contributed by atoms with Gasteiger partial charge in [0, 0.05) is 18.8 Å². The van der Waals surface area contributed by atoms with Gasteiger partial charge in [0.05, 0.1) is 17.6 Å². The van der Waals surface area contributed by atoms with Gasteiger partial charge in [-0.2, -0.15) is 0 Å². The molecular formula is C18H22N2O4S. The standard InChI is InChI=1S/C18H22N2O4S/c1-12(19)14-6-4-13(5-7-14)11-20-18(21)16-10-15(25(3,22)23)8-9-17(16)24-2/h4-10,12H,11,19H2,1-3H3,(H,20,21). The highest BCUT2D eigenvalue weighted by Crippen LogP contribution is 2.22. The summed E-state index contributed by atoms with van der Waals surface area (Å²) >= 11 is 0. The number of ether oxygens (including phenoxy) is 1. The van der Waals surface area contributed by atoms with Crippen LogP contribution in [0.5, 0.6) is 5.75 Å². The van der Waals surface area contributed by atoms with Crippen molar-refractivity contribution < 1.29 is 17.9 Å². The number of benzene rings is 2. The molecule has 0 saturated heterocycles. The first-order chi connectivity index (χ1) is 11.7. The molecule has 0 aliphatic rings. The Labute approximate surface area is 147 Å². The van der Waals surface area contributed by atoms with Gasteiger partial charge in [0.2, 0.25) is 0 Å². The summed E-state index contributed by atoms with van der Waals surface area (Å²) in [4.78, 5) is 12.5. The number of rotatable bonds is 6. The molecule has 3 N–H and O–H groups in total. The molecular weight excluding hydrogens is 340 g/mol. The van der Waals surface area contributed by atoms with E-state index in [1.807, 2.05) is 31.2 Å². The van der Waals surface area contributed by atoms with Crippen LogP contribution < -0.4 is 15.8 Å². The summed E-state index contributed by atoms with van der Waals surface area (Å²) in [5.41, 5.74) is 7.91. The van der Waals surface area contributed by atoms with E-state index in [1.54, 1.807) is 0 Å². The summed E-state index contributed by atoms with van der Waals surface area (Å²) in [6, 6.07) is 11.8. The van der Waals surface area contributed by atoms with Crippen molar-refractivity contribution in [1.29, 1.82) is 0 Å². The number of amides is 1. The molecule has 2 aromatic rings. The number of nitrogens with one attached hydrogen (secondary N) is 1. The van der Waals surface area contributed by atoms with Crippen LogP contribution in [0.3, 0.4) is 0 Å². The molecule has 0 fully saturated rings. The van der Waals surface area contributed by atoms with Crippen LogP contribution in [-0.2, 0) is 16.4 Å². The zero-order valence-electron chi connectivity index (χ0n) is 14.4. The Bertz CT molecular complexity index is 859. The van der Waals surface area contributed by atoms with E-state index in [0.29, 0.717) is 12.3 Å². The first kappa shape index (κ1) is 19.0. The SMILES string of the molecule is COc1ccc(S(C)(=O)=O)cc1C(=O)NCc1ccc(C(C)N)cc1. The monoisotopic (exact) mass is 362 g/mol. The molecule has 6 nitrogen and oxygen atoms in total. The Morgan fingerprint density at radius 2 is 1.84 bits per heavy atom. The molecule has 2 aromatic carbocycles. The number of hydrogen-bond donors (Lipinski definition) is 2. The van der Waals surface area contributed by atoms with Gasteiger partial charge in [0.25, 0.3) is 5.91 Å². The zero-order chi connectivity index (χ0) is 18.6. The Morgan fingerprint density at radius 1 is 1.20 bits per heavy atom. The van der Waals surface area contributed by atoms with E-state index in [2.05, 4.69) is 5.32 Å². The number of hydrogen-bond acceptors (Lipinski definition) is 5. The van der Waals surface area contributed by atoms with Crippen LogP contribution >= 0.6 is 0 Å². The van der Waals surface area contributed by atoms with E-state index in [0.717, 1.165) is 17.4 Å². The second-order valence-corrected chi connectivity index (χ2v) is 7.86. The topological polar surface area (TPSA) is 98.5 Å². The predicted molar refractivity (Wildman–Crippen MR) is 96.3 cm³/mol. The number of sulfone groups is 1. The Hall–Kier alpha value is -2.38. The van der Waals surface area contributed by atoms with Gasteiger partial charge in [-0.3, -0.25) is 4.79 Å². The Morgan fingerprint density at radius 3 is 2.36 bits per heavy atom. The van der Waals surface area contributed by atoms with Crippen LogP contribution in [0.25, 0.3) is 0 Å². The molecule has 0 bridgehead atoms. The summed E-state index contributed by atoms with van der Waals surface area (Å²) in [7, 11) is -1.98. The third-order valence-corrected chi connectivity index (χ3v) is 4.91. The largest absolute Gasteiger partial charge is 0.496 e. The molecule has 0 heterocycles. The number of methoxy groups -OCH3 is 1. The molecule has 0 aromatic heterocycles.